The topological polar surface area (TPSA) is 3.24 Å². The quantitative estimate of drug-likeness (QED) is 0.190. The largest absolute Gasteiger partial charge is 0.310 e. The average molecular weight is 600 g/mol. The highest BCUT2D eigenvalue weighted by Crippen LogP contribution is 2.57. The van der Waals surface area contributed by atoms with Crippen LogP contribution in [0.3, 0.4) is 0 Å². The third-order valence-electron chi connectivity index (χ3n) is 10.0. The Morgan fingerprint density at radius 1 is 0.383 bits per heavy atom. The summed E-state index contributed by atoms with van der Waals surface area (Å²) in [7, 11) is 0. The van der Waals surface area contributed by atoms with E-state index in [0.717, 1.165) is 23.5 Å². The lowest BCUT2D eigenvalue weighted by Crippen LogP contribution is -2.29. The van der Waals surface area contributed by atoms with Crippen LogP contribution in [0.4, 0.5) is 17.1 Å². The van der Waals surface area contributed by atoms with Crippen molar-refractivity contribution in [1.82, 2.24) is 0 Å². The first kappa shape index (κ1) is 27.4. The molecule has 0 fully saturated rings. The molecule has 2 aliphatic carbocycles. The van der Waals surface area contributed by atoms with Gasteiger partial charge in [0.15, 0.2) is 0 Å². The summed E-state index contributed by atoms with van der Waals surface area (Å²) in [6.45, 7) is 0. The molecule has 1 atom stereocenters. The van der Waals surface area contributed by atoms with Gasteiger partial charge in [-0.25, -0.2) is 0 Å². The first-order valence-corrected chi connectivity index (χ1v) is 16.4. The van der Waals surface area contributed by atoms with E-state index < -0.39 is 0 Å². The number of allylic oxidation sites excluding steroid dienone is 1. The van der Waals surface area contributed by atoms with Gasteiger partial charge in [0.1, 0.15) is 0 Å². The molecule has 0 N–H and O–H groups in total. The van der Waals surface area contributed by atoms with Gasteiger partial charge >= 0.3 is 0 Å². The summed E-state index contributed by atoms with van der Waals surface area (Å²) in [5, 5.41) is 0. The highest BCUT2D eigenvalue weighted by molar-refractivity contribution is 5.89. The van der Waals surface area contributed by atoms with Gasteiger partial charge < -0.3 is 4.90 Å². The zero-order chi connectivity index (χ0) is 31.2. The maximum Gasteiger partial charge on any atom is 0.0504 e. The van der Waals surface area contributed by atoms with E-state index in [9.17, 15) is 0 Å². The molecule has 0 aromatic heterocycles. The van der Waals surface area contributed by atoms with E-state index in [2.05, 4.69) is 193 Å². The van der Waals surface area contributed by atoms with Gasteiger partial charge in [0.2, 0.25) is 0 Å². The summed E-state index contributed by atoms with van der Waals surface area (Å²) >= 11 is 0. The SMILES string of the molecule is C1=Cc2ccccc2C2(C1)c1ccccc1-c1ccc(N(c3ccc(-c4ccccc4)cc3)c3ccc(-c4ccccc4)cc3)cc12. The zero-order valence-electron chi connectivity index (χ0n) is 26.1. The van der Waals surface area contributed by atoms with Gasteiger partial charge in [-0.3, -0.25) is 0 Å². The van der Waals surface area contributed by atoms with Crippen molar-refractivity contribution >= 4 is 23.1 Å². The number of anilines is 3. The fourth-order valence-corrected chi connectivity index (χ4v) is 7.82. The number of fused-ring (bicyclic) bond motifs is 7. The Kier molecular flexibility index (Phi) is 6.50. The van der Waals surface area contributed by atoms with E-state index in [4.69, 9.17) is 0 Å². The Hall–Kier alpha value is -5.92. The summed E-state index contributed by atoms with van der Waals surface area (Å²) < 4.78 is 0. The molecule has 0 heterocycles. The Balaban J connectivity index is 1.22. The van der Waals surface area contributed by atoms with E-state index >= 15 is 0 Å². The molecule has 1 nitrogen and oxygen atoms in total. The van der Waals surface area contributed by atoms with Crippen LogP contribution in [0, 0.1) is 0 Å². The molecule has 7 aromatic rings. The van der Waals surface area contributed by atoms with Crippen LogP contribution in [0.25, 0.3) is 39.5 Å². The van der Waals surface area contributed by atoms with E-state index in [1.807, 2.05) is 0 Å². The Morgan fingerprint density at radius 2 is 0.872 bits per heavy atom. The second-order valence-electron chi connectivity index (χ2n) is 12.5. The van der Waals surface area contributed by atoms with Crippen LogP contribution in [-0.4, -0.2) is 0 Å². The molecule has 2 aliphatic rings. The molecule has 0 radical (unpaired) electrons. The minimum atomic E-state index is -0.229. The molecule has 0 aliphatic heterocycles. The monoisotopic (exact) mass is 599 g/mol. The van der Waals surface area contributed by atoms with Crippen molar-refractivity contribution in [2.75, 3.05) is 4.90 Å². The lowest BCUT2D eigenvalue weighted by atomic mass is 9.66. The van der Waals surface area contributed by atoms with Crippen LogP contribution in [0.15, 0.2) is 182 Å². The first-order chi connectivity index (χ1) is 23.3. The van der Waals surface area contributed by atoms with E-state index in [1.54, 1.807) is 0 Å². The molecular formula is C46H33N. The summed E-state index contributed by atoms with van der Waals surface area (Å²) in [6.07, 6.45) is 5.60. The van der Waals surface area contributed by atoms with Crippen molar-refractivity contribution in [3.8, 4) is 33.4 Å². The Labute approximate surface area is 276 Å². The predicted octanol–water partition coefficient (Wildman–Crippen LogP) is 12.2. The Morgan fingerprint density at radius 3 is 1.51 bits per heavy atom. The Bertz CT molecular complexity index is 2160. The van der Waals surface area contributed by atoms with Crippen LogP contribution in [0.5, 0.6) is 0 Å². The molecular weight excluding hydrogens is 567 g/mol. The molecule has 1 unspecified atom stereocenters. The van der Waals surface area contributed by atoms with Crippen molar-refractivity contribution in [2.24, 2.45) is 0 Å². The summed E-state index contributed by atoms with van der Waals surface area (Å²) in [5.41, 5.74) is 16.2. The van der Waals surface area contributed by atoms with Crippen LogP contribution in [0.2, 0.25) is 0 Å². The first-order valence-electron chi connectivity index (χ1n) is 16.4. The molecule has 1 spiro atoms. The summed E-state index contributed by atoms with van der Waals surface area (Å²) in [6, 6.07) is 64.2. The van der Waals surface area contributed by atoms with Crippen LogP contribution >= 0.6 is 0 Å². The third-order valence-corrected chi connectivity index (χ3v) is 10.0. The summed E-state index contributed by atoms with van der Waals surface area (Å²) in [5.74, 6) is 0. The molecule has 0 bridgehead atoms. The van der Waals surface area contributed by atoms with Crippen molar-refractivity contribution in [3.05, 3.63) is 204 Å². The van der Waals surface area contributed by atoms with Gasteiger partial charge in [-0.05, 0) is 98.5 Å². The summed E-state index contributed by atoms with van der Waals surface area (Å²) in [4.78, 5) is 2.41. The molecule has 0 amide bonds. The normalized spacial score (nSPS) is 15.6. The second kappa shape index (κ2) is 11.2. The molecule has 7 aromatic carbocycles. The lowest BCUT2D eigenvalue weighted by Gasteiger charge is -2.36. The van der Waals surface area contributed by atoms with Crippen LogP contribution < -0.4 is 4.90 Å². The minimum Gasteiger partial charge on any atom is -0.310 e. The van der Waals surface area contributed by atoms with Gasteiger partial charge in [0.05, 0.1) is 5.41 Å². The van der Waals surface area contributed by atoms with Gasteiger partial charge in [-0.15, -0.1) is 0 Å². The van der Waals surface area contributed by atoms with Crippen molar-refractivity contribution in [1.29, 1.82) is 0 Å². The lowest BCUT2D eigenvalue weighted by molar-refractivity contribution is 0.638. The van der Waals surface area contributed by atoms with E-state index in [0.29, 0.717) is 0 Å². The zero-order valence-corrected chi connectivity index (χ0v) is 26.1. The molecule has 222 valence electrons. The molecule has 47 heavy (non-hydrogen) atoms. The number of benzene rings is 7. The van der Waals surface area contributed by atoms with Crippen LogP contribution in [0.1, 0.15) is 28.7 Å². The highest BCUT2D eigenvalue weighted by atomic mass is 15.1. The van der Waals surface area contributed by atoms with Gasteiger partial charge in [-0.2, -0.15) is 0 Å². The maximum absolute atomic E-state index is 2.46. The number of rotatable bonds is 5. The van der Waals surface area contributed by atoms with E-state index in [-0.39, 0.29) is 5.41 Å². The molecule has 0 saturated carbocycles. The fourth-order valence-electron chi connectivity index (χ4n) is 7.82. The standard InChI is InChI=1S/C46H33N/c1-3-12-33(13-4-1)35-21-25-38(26-22-35)47(39-27-23-36(24-28-39)34-14-5-2-6-15-34)40-29-30-42-41-18-8-10-20-44(41)46(45(42)32-40)31-11-17-37-16-7-9-19-43(37)46/h1-30,32H,31H2. The second-order valence-corrected chi connectivity index (χ2v) is 12.5. The predicted molar refractivity (Wildman–Crippen MR) is 197 cm³/mol. The highest BCUT2D eigenvalue weighted by Gasteiger charge is 2.46. The third kappa shape index (κ3) is 4.47. The molecule has 0 saturated heterocycles. The smallest absolute Gasteiger partial charge is 0.0504 e. The van der Waals surface area contributed by atoms with Crippen molar-refractivity contribution in [2.45, 2.75) is 11.8 Å². The van der Waals surface area contributed by atoms with Crippen molar-refractivity contribution < 1.29 is 0 Å². The van der Waals surface area contributed by atoms with Crippen LogP contribution in [-0.2, 0) is 5.41 Å². The van der Waals surface area contributed by atoms with Gasteiger partial charge in [0, 0.05) is 17.1 Å². The molecule has 1 heteroatoms. The number of hydrogen-bond donors (Lipinski definition) is 0. The van der Waals surface area contributed by atoms with Crippen molar-refractivity contribution in [3.63, 3.8) is 0 Å². The number of hydrogen-bond acceptors (Lipinski definition) is 1. The van der Waals surface area contributed by atoms with Gasteiger partial charge in [-0.1, -0.05) is 152 Å². The number of nitrogens with zero attached hydrogens (tertiary/aromatic N) is 1. The van der Waals surface area contributed by atoms with Gasteiger partial charge in [0.25, 0.3) is 0 Å². The molecule has 9 rings (SSSR count). The average Bonchev–Trinajstić information content (AvgIpc) is 3.42. The van der Waals surface area contributed by atoms with E-state index in [1.165, 1.54) is 55.6 Å². The fraction of sp³-hybridized carbons (Fsp3) is 0.0435. The minimum absolute atomic E-state index is 0.229. The maximum atomic E-state index is 2.46.